The third-order valence-corrected chi connectivity index (χ3v) is 1.16. The smallest absolute Gasteiger partial charge is 0.0842 e. The minimum Gasteiger partial charge on any atom is -0.750 e. The van der Waals surface area contributed by atoms with Gasteiger partial charge in [-0.25, -0.2) is 4.21 Å². The molecule has 8 heavy (non-hydrogen) atoms. The summed E-state index contributed by atoms with van der Waals surface area (Å²) in [6.07, 6.45) is 0.664. The number of hydrogen-bond donors (Lipinski definition) is 1. The lowest BCUT2D eigenvalue weighted by Gasteiger charge is -2.02. The Labute approximate surface area is 56.3 Å². The highest BCUT2D eigenvalue weighted by atomic mass is 32.2. The lowest BCUT2D eigenvalue weighted by molar-refractivity contribution is 0.302. The van der Waals surface area contributed by atoms with Crippen molar-refractivity contribution in [1.82, 2.24) is 0 Å². The van der Waals surface area contributed by atoms with E-state index in [1.54, 1.807) is 0 Å². The van der Waals surface area contributed by atoms with Gasteiger partial charge in [0.15, 0.2) is 0 Å². The molecule has 50 valence electrons. The molecule has 0 saturated heterocycles. The molecular weight excluding hydrogens is 148 g/mol. The molecule has 0 radical (unpaired) electrons. The van der Waals surface area contributed by atoms with Gasteiger partial charge in [-0.1, -0.05) is 0 Å². The van der Waals surface area contributed by atoms with Gasteiger partial charge < -0.3 is 8.74 Å². The average Bonchev–Trinajstić information content (AvgIpc) is 1.66. The second-order valence-electron chi connectivity index (χ2n) is 1.10. The molecule has 0 saturated carbocycles. The van der Waals surface area contributed by atoms with Crippen LogP contribution in [-0.2, 0) is 15.5 Å². The van der Waals surface area contributed by atoms with Gasteiger partial charge >= 0.3 is 0 Å². The molecule has 1 unspecified atom stereocenters. The first-order valence-electron chi connectivity index (χ1n) is 2.10. The van der Waals surface area contributed by atoms with E-state index in [-0.39, 0.29) is 6.61 Å². The minimum atomic E-state index is -2.35. The maximum absolute atomic E-state index is 9.63. The standard InChI is InChI=1S/C3H8O3S2/c4-8(5)6-2-1-3-7/h7H,1-3H2,(H,4,5)/p-1. The van der Waals surface area contributed by atoms with E-state index in [2.05, 4.69) is 16.8 Å². The quantitative estimate of drug-likeness (QED) is 0.356. The monoisotopic (exact) mass is 155 g/mol. The minimum absolute atomic E-state index is 0.236. The summed E-state index contributed by atoms with van der Waals surface area (Å²) in [5.41, 5.74) is 0. The summed E-state index contributed by atoms with van der Waals surface area (Å²) in [4.78, 5) is 0. The first-order chi connectivity index (χ1) is 3.77. The Morgan fingerprint density at radius 3 is 2.75 bits per heavy atom. The predicted octanol–water partition coefficient (Wildman–Crippen LogP) is 0.117. The van der Waals surface area contributed by atoms with E-state index in [0.717, 1.165) is 0 Å². The van der Waals surface area contributed by atoms with E-state index in [0.29, 0.717) is 12.2 Å². The normalized spacial score (nSPS) is 13.8. The predicted molar refractivity (Wildman–Crippen MR) is 33.3 cm³/mol. The fourth-order valence-corrected chi connectivity index (χ4v) is 0.575. The van der Waals surface area contributed by atoms with Crippen molar-refractivity contribution in [3.63, 3.8) is 0 Å². The van der Waals surface area contributed by atoms with Gasteiger partial charge in [-0.2, -0.15) is 12.6 Å². The van der Waals surface area contributed by atoms with Crippen molar-refractivity contribution in [1.29, 1.82) is 0 Å². The highest BCUT2D eigenvalue weighted by molar-refractivity contribution is 7.80. The van der Waals surface area contributed by atoms with E-state index in [1.165, 1.54) is 0 Å². The van der Waals surface area contributed by atoms with Crippen LogP contribution in [0.15, 0.2) is 0 Å². The molecule has 0 N–H and O–H groups in total. The molecule has 0 fully saturated rings. The summed E-state index contributed by atoms with van der Waals surface area (Å²) >= 11 is 1.49. The molecule has 0 bridgehead atoms. The fourth-order valence-electron chi connectivity index (χ4n) is 0.192. The van der Waals surface area contributed by atoms with E-state index in [9.17, 15) is 8.76 Å². The first-order valence-corrected chi connectivity index (χ1v) is 3.74. The van der Waals surface area contributed by atoms with Crippen molar-refractivity contribution in [3.05, 3.63) is 0 Å². The summed E-state index contributed by atoms with van der Waals surface area (Å²) in [5, 5.41) is 0. The maximum atomic E-state index is 9.63. The lowest BCUT2D eigenvalue weighted by atomic mass is 10.5. The molecule has 0 aromatic heterocycles. The molecule has 3 nitrogen and oxygen atoms in total. The van der Waals surface area contributed by atoms with E-state index in [4.69, 9.17) is 0 Å². The van der Waals surface area contributed by atoms with Gasteiger partial charge in [0, 0.05) is 0 Å². The molecule has 0 amide bonds. The summed E-state index contributed by atoms with van der Waals surface area (Å²) in [7, 11) is 0. The van der Waals surface area contributed by atoms with Gasteiger partial charge in [-0.3, -0.25) is 0 Å². The Kier molecular flexibility index (Phi) is 5.85. The van der Waals surface area contributed by atoms with Crippen LogP contribution in [0.25, 0.3) is 0 Å². The van der Waals surface area contributed by atoms with Crippen LogP contribution < -0.4 is 0 Å². The van der Waals surface area contributed by atoms with E-state index in [1.807, 2.05) is 0 Å². The van der Waals surface area contributed by atoms with Gasteiger partial charge in [0.25, 0.3) is 0 Å². The average molecular weight is 155 g/mol. The van der Waals surface area contributed by atoms with Gasteiger partial charge in [0.2, 0.25) is 0 Å². The van der Waals surface area contributed by atoms with E-state index < -0.39 is 11.4 Å². The third-order valence-electron chi connectivity index (χ3n) is 0.482. The van der Waals surface area contributed by atoms with Gasteiger partial charge in [0.1, 0.15) is 0 Å². The van der Waals surface area contributed by atoms with Crippen molar-refractivity contribution < 1.29 is 12.9 Å². The molecule has 0 aliphatic carbocycles. The van der Waals surface area contributed by atoms with Crippen molar-refractivity contribution in [2.24, 2.45) is 0 Å². The second-order valence-corrected chi connectivity index (χ2v) is 2.19. The van der Waals surface area contributed by atoms with Crippen LogP contribution in [0.4, 0.5) is 0 Å². The first kappa shape index (κ1) is 8.42. The molecule has 0 heterocycles. The zero-order valence-corrected chi connectivity index (χ0v) is 5.91. The maximum Gasteiger partial charge on any atom is 0.0842 e. The molecular formula is C3H7O3S2-. The Morgan fingerprint density at radius 2 is 2.38 bits per heavy atom. The summed E-state index contributed by atoms with van der Waals surface area (Å²) in [5.74, 6) is 0.650. The molecule has 0 aromatic rings. The van der Waals surface area contributed by atoms with Gasteiger partial charge in [-0.05, 0) is 12.2 Å². The molecule has 0 aromatic carbocycles. The van der Waals surface area contributed by atoms with E-state index >= 15 is 0 Å². The Bertz CT molecular complexity index is 74.9. The Morgan fingerprint density at radius 1 is 1.75 bits per heavy atom. The Hall–Kier alpha value is 0.420. The highest BCUT2D eigenvalue weighted by Gasteiger charge is 1.82. The van der Waals surface area contributed by atoms with Crippen LogP contribution in [0.1, 0.15) is 6.42 Å². The molecule has 0 rings (SSSR count). The number of rotatable bonds is 4. The lowest BCUT2D eigenvalue weighted by Crippen LogP contribution is -1.97. The van der Waals surface area contributed by atoms with Crippen LogP contribution in [0.2, 0.25) is 0 Å². The topological polar surface area (TPSA) is 49.4 Å². The van der Waals surface area contributed by atoms with Crippen molar-refractivity contribution >= 4 is 24.0 Å². The second kappa shape index (κ2) is 5.55. The molecule has 0 spiro atoms. The zero-order valence-electron chi connectivity index (χ0n) is 4.20. The Balaban J connectivity index is 2.82. The van der Waals surface area contributed by atoms with Crippen LogP contribution in [0.5, 0.6) is 0 Å². The summed E-state index contributed by atoms with van der Waals surface area (Å²) < 4.78 is 23.4. The molecule has 0 aliphatic rings. The summed E-state index contributed by atoms with van der Waals surface area (Å²) in [6, 6.07) is 0. The number of thiol groups is 1. The SMILES string of the molecule is O=S([O-])OCCCS. The largest absolute Gasteiger partial charge is 0.750 e. The van der Waals surface area contributed by atoms with Crippen molar-refractivity contribution in [2.75, 3.05) is 12.4 Å². The molecule has 1 atom stereocenters. The van der Waals surface area contributed by atoms with Crippen LogP contribution in [0.3, 0.4) is 0 Å². The molecule has 0 aliphatic heterocycles. The van der Waals surface area contributed by atoms with Crippen LogP contribution >= 0.6 is 12.6 Å². The molecule has 5 heteroatoms. The third kappa shape index (κ3) is 6.42. The van der Waals surface area contributed by atoms with Crippen LogP contribution in [0, 0.1) is 0 Å². The highest BCUT2D eigenvalue weighted by Crippen LogP contribution is 1.86. The number of hydrogen-bond acceptors (Lipinski definition) is 4. The van der Waals surface area contributed by atoms with Crippen molar-refractivity contribution in [2.45, 2.75) is 6.42 Å². The zero-order chi connectivity index (χ0) is 6.41. The van der Waals surface area contributed by atoms with Crippen LogP contribution in [-0.4, -0.2) is 21.1 Å². The van der Waals surface area contributed by atoms with Gasteiger partial charge in [0.05, 0.1) is 18.0 Å². The summed E-state index contributed by atoms with van der Waals surface area (Å²) in [6.45, 7) is 0.236. The van der Waals surface area contributed by atoms with Crippen molar-refractivity contribution in [3.8, 4) is 0 Å². The van der Waals surface area contributed by atoms with Gasteiger partial charge in [-0.15, -0.1) is 0 Å². The fraction of sp³-hybridized carbons (Fsp3) is 1.00.